The number of rotatable bonds is 4. The minimum Gasteiger partial charge on any atom is -0.480 e. The molecular weight excluding hydrogens is 192 g/mol. The molecule has 1 saturated carbocycles. The summed E-state index contributed by atoms with van der Waals surface area (Å²) in [6.07, 6.45) is 5.01. The van der Waals surface area contributed by atoms with Crippen LogP contribution in [0, 0.1) is 0 Å². The van der Waals surface area contributed by atoms with Crippen LogP contribution in [0.4, 0.5) is 0 Å². The summed E-state index contributed by atoms with van der Waals surface area (Å²) in [5.74, 6) is -0.704. The number of piperidine rings is 1. The molecule has 0 spiro atoms. The minimum absolute atomic E-state index is 0.203. The second kappa shape index (κ2) is 4.49. The van der Waals surface area contributed by atoms with Crippen molar-refractivity contribution in [1.29, 1.82) is 0 Å². The van der Waals surface area contributed by atoms with E-state index < -0.39 is 5.97 Å². The first-order valence-electron chi connectivity index (χ1n) is 5.83. The molecule has 1 saturated heterocycles. The van der Waals surface area contributed by atoms with Gasteiger partial charge < -0.3 is 5.11 Å². The number of aliphatic carboxylic acids is 1. The maximum Gasteiger partial charge on any atom is 0.317 e. The average molecular weight is 212 g/mol. The fraction of sp³-hybridized carbons (Fsp3) is 0.909. The summed E-state index contributed by atoms with van der Waals surface area (Å²) in [5.41, 5.74) is 0. The molecule has 1 heterocycles. The Kier molecular flexibility index (Phi) is 3.26. The van der Waals surface area contributed by atoms with Crippen LogP contribution in [0.2, 0.25) is 0 Å². The second-order valence-electron chi connectivity index (χ2n) is 4.82. The van der Waals surface area contributed by atoms with E-state index in [-0.39, 0.29) is 6.54 Å². The topological polar surface area (TPSA) is 43.8 Å². The molecule has 0 amide bonds. The Labute approximate surface area is 90.9 Å². The van der Waals surface area contributed by atoms with Gasteiger partial charge in [-0.15, -0.1) is 0 Å². The normalized spacial score (nSPS) is 28.3. The Balaban J connectivity index is 1.83. The number of likely N-dealkylation sites (tertiary alicyclic amines) is 1. The van der Waals surface area contributed by atoms with Crippen LogP contribution >= 0.6 is 0 Å². The molecule has 0 aromatic rings. The van der Waals surface area contributed by atoms with Crippen molar-refractivity contribution >= 4 is 5.97 Å². The number of carboxylic acids is 1. The van der Waals surface area contributed by atoms with Crippen molar-refractivity contribution in [2.24, 2.45) is 0 Å². The third-order valence-electron chi connectivity index (χ3n) is 3.54. The van der Waals surface area contributed by atoms with Crippen LogP contribution in [0.3, 0.4) is 0 Å². The SMILES string of the molecule is CN(C1CC1)C1CCCN(CC(=O)O)C1. The van der Waals surface area contributed by atoms with Gasteiger partial charge >= 0.3 is 5.97 Å². The highest BCUT2D eigenvalue weighted by atomic mass is 16.4. The zero-order chi connectivity index (χ0) is 10.8. The van der Waals surface area contributed by atoms with Crippen LogP contribution < -0.4 is 0 Å². The molecule has 0 bridgehead atoms. The lowest BCUT2D eigenvalue weighted by Gasteiger charge is -2.37. The Bertz CT molecular complexity index is 241. The Hall–Kier alpha value is -0.610. The van der Waals surface area contributed by atoms with Crippen LogP contribution in [0.1, 0.15) is 25.7 Å². The van der Waals surface area contributed by atoms with Crippen molar-refractivity contribution in [3.05, 3.63) is 0 Å². The van der Waals surface area contributed by atoms with Gasteiger partial charge in [0.2, 0.25) is 0 Å². The standard InChI is InChI=1S/C11H20N2O2/c1-12(9-4-5-9)10-3-2-6-13(7-10)8-11(14)15/h9-10H,2-8H2,1H3,(H,14,15). The summed E-state index contributed by atoms with van der Waals surface area (Å²) in [5, 5.41) is 8.76. The molecule has 1 N–H and O–H groups in total. The van der Waals surface area contributed by atoms with Crippen molar-refractivity contribution in [3.8, 4) is 0 Å². The molecule has 2 aliphatic rings. The first kappa shape index (κ1) is 10.9. The predicted octanol–water partition coefficient (Wildman–Crippen LogP) is 0.630. The van der Waals surface area contributed by atoms with E-state index in [4.69, 9.17) is 5.11 Å². The lowest BCUT2D eigenvalue weighted by Crippen LogP contribution is -2.48. The summed E-state index contributed by atoms with van der Waals surface area (Å²) in [6.45, 7) is 2.08. The quantitative estimate of drug-likeness (QED) is 0.742. The van der Waals surface area contributed by atoms with E-state index in [1.807, 2.05) is 0 Å². The van der Waals surface area contributed by atoms with Crippen molar-refractivity contribution in [2.75, 3.05) is 26.7 Å². The summed E-state index contributed by atoms with van der Waals surface area (Å²) in [4.78, 5) is 15.2. The zero-order valence-corrected chi connectivity index (χ0v) is 9.35. The number of hydrogen-bond acceptors (Lipinski definition) is 3. The summed E-state index contributed by atoms with van der Waals surface area (Å²) in [7, 11) is 2.19. The number of carboxylic acid groups (broad SMARTS) is 1. The largest absolute Gasteiger partial charge is 0.480 e. The molecule has 4 heteroatoms. The third-order valence-corrected chi connectivity index (χ3v) is 3.54. The molecule has 1 unspecified atom stereocenters. The number of nitrogens with zero attached hydrogens (tertiary/aromatic N) is 2. The highest BCUT2D eigenvalue weighted by Crippen LogP contribution is 2.29. The van der Waals surface area contributed by atoms with Gasteiger partial charge in [0.25, 0.3) is 0 Å². The molecule has 0 aromatic carbocycles. The number of hydrogen-bond donors (Lipinski definition) is 1. The maximum absolute atomic E-state index is 10.6. The fourth-order valence-corrected chi connectivity index (χ4v) is 2.48. The van der Waals surface area contributed by atoms with Gasteiger partial charge in [-0.25, -0.2) is 0 Å². The van der Waals surface area contributed by atoms with E-state index in [9.17, 15) is 4.79 Å². The lowest BCUT2D eigenvalue weighted by molar-refractivity contribution is -0.138. The smallest absolute Gasteiger partial charge is 0.317 e. The molecule has 1 atom stereocenters. The number of likely N-dealkylation sites (N-methyl/N-ethyl adjacent to an activating group) is 1. The summed E-state index contributed by atoms with van der Waals surface area (Å²) >= 11 is 0. The Morgan fingerprint density at radius 3 is 2.73 bits per heavy atom. The first-order chi connectivity index (χ1) is 7.16. The van der Waals surface area contributed by atoms with E-state index in [0.29, 0.717) is 6.04 Å². The molecule has 86 valence electrons. The molecule has 1 aliphatic carbocycles. The predicted molar refractivity (Wildman–Crippen MR) is 57.9 cm³/mol. The molecule has 4 nitrogen and oxygen atoms in total. The van der Waals surface area contributed by atoms with E-state index in [0.717, 1.165) is 25.6 Å². The zero-order valence-electron chi connectivity index (χ0n) is 9.35. The average Bonchev–Trinajstić information content (AvgIpc) is 2.99. The minimum atomic E-state index is -0.704. The van der Waals surface area contributed by atoms with Gasteiger partial charge in [0, 0.05) is 18.6 Å². The van der Waals surface area contributed by atoms with Crippen LogP contribution in [0.25, 0.3) is 0 Å². The Morgan fingerprint density at radius 1 is 1.40 bits per heavy atom. The van der Waals surface area contributed by atoms with Gasteiger partial charge in [0.05, 0.1) is 6.54 Å². The van der Waals surface area contributed by atoms with Gasteiger partial charge in [-0.2, -0.15) is 0 Å². The molecular formula is C11H20N2O2. The third kappa shape index (κ3) is 2.92. The first-order valence-corrected chi connectivity index (χ1v) is 5.83. The molecule has 2 fully saturated rings. The maximum atomic E-state index is 10.6. The van der Waals surface area contributed by atoms with E-state index in [1.165, 1.54) is 19.3 Å². The van der Waals surface area contributed by atoms with E-state index in [2.05, 4.69) is 16.8 Å². The van der Waals surface area contributed by atoms with Crippen molar-refractivity contribution < 1.29 is 9.90 Å². The van der Waals surface area contributed by atoms with E-state index >= 15 is 0 Å². The van der Waals surface area contributed by atoms with Gasteiger partial charge in [-0.05, 0) is 39.3 Å². The monoisotopic (exact) mass is 212 g/mol. The molecule has 15 heavy (non-hydrogen) atoms. The van der Waals surface area contributed by atoms with Crippen LogP contribution in [-0.2, 0) is 4.79 Å². The fourth-order valence-electron chi connectivity index (χ4n) is 2.48. The highest BCUT2D eigenvalue weighted by molar-refractivity contribution is 5.69. The van der Waals surface area contributed by atoms with Crippen molar-refractivity contribution in [2.45, 2.75) is 37.8 Å². The van der Waals surface area contributed by atoms with Crippen LogP contribution in [0.15, 0.2) is 0 Å². The summed E-state index contributed by atoms with van der Waals surface area (Å²) < 4.78 is 0. The van der Waals surface area contributed by atoms with Gasteiger partial charge in [0.15, 0.2) is 0 Å². The van der Waals surface area contributed by atoms with Crippen LogP contribution in [-0.4, -0.2) is 59.6 Å². The Morgan fingerprint density at radius 2 is 2.13 bits per heavy atom. The highest BCUT2D eigenvalue weighted by Gasteiger charge is 2.33. The van der Waals surface area contributed by atoms with Gasteiger partial charge in [-0.1, -0.05) is 0 Å². The molecule has 0 radical (unpaired) electrons. The van der Waals surface area contributed by atoms with Gasteiger partial charge in [0.1, 0.15) is 0 Å². The van der Waals surface area contributed by atoms with Crippen molar-refractivity contribution in [1.82, 2.24) is 9.80 Å². The van der Waals surface area contributed by atoms with Crippen molar-refractivity contribution in [3.63, 3.8) is 0 Å². The van der Waals surface area contributed by atoms with Crippen LogP contribution in [0.5, 0.6) is 0 Å². The summed E-state index contributed by atoms with van der Waals surface area (Å²) in [6, 6.07) is 1.35. The second-order valence-corrected chi connectivity index (χ2v) is 4.82. The van der Waals surface area contributed by atoms with Gasteiger partial charge in [-0.3, -0.25) is 14.6 Å². The van der Waals surface area contributed by atoms with E-state index in [1.54, 1.807) is 0 Å². The molecule has 2 rings (SSSR count). The lowest BCUT2D eigenvalue weighted by atomic mass is 10.0. The number of carbonyl (C=O) groups is 1. The molecule has 0 aromatic heterocycles. The molecule has 1 aliphatic heterocycles.